The van der Waals surface area contributed by atoms with E-state index in [1.807, 2.05) is 31.0 Å². The number of fused-ring (bicyclic) bond motifs is 1. The second kappa shape index (κ2) is 8.95. The van der Waals surface area contributed by atoms with Crippen LogP contribution in [-0.2, 0) is 7.05 Å². The smallest absolute Gasteiger partial charge is 0.193 e. The molecule has 0 aliphatic carbocycles. The fourth-order valence-electron chi connectivity index (χ4n) is 4.05. The number of aliphatic imine (C=N–C) groups is 1. The highest BCUT2D eigenvalue weighted by molar-refractivity contribution is 14.0. The van der Waals surface area contributed by atoms with E-state index in [2.05, 4.69) is 44.7 Å². The fraction of sp³-hybridized carbons (Fsp3) is 0.500. The number of hydrogen-bond donors (Lipinski definition) is 1. The van der Waals surface area contributed by atoms with Gasteiger partial charge in [-0.05, 0) is 30.0 Å². The minimum absolute atomic E-state index is 0. The average Bonchev–Trinajstić information content (AvgIpc) is 3.32. The van der Waals surface area contributed by atoms with Crippen molar-refractivity contribution in [2.45, 2.75) is 24.7 Å². The summed E-state index contributed by atoms with van der Waals surface area (Å²) < 4.78 is 7.66. The summed E-state index contributed by atoms with van der Waals surface area (Å²) >= 11 is 0. The number of ether oxygens (including phenoxy) is 1. The van der Waals surface area contributed by atoms with E-state index in [0.717, 1.165) is 50.8 Å². The van der Waals surface area contributed by atoms with Crippen molar-refractivity contribution in [3.63, 3.8) is 0 Å². The number of nitrogens with one attached hydrogen (secondary N) is 1. The molecule has 7 heteroatoms. The van der Waals surface area contributed by atoms with E-state index in [9.17, 15) is 0 Å². The Hall–Kier alpha value is -1.77. The number of likely N-dealkylation sites (tertiary alicyclic amines) is 1. The van der Waals surface area contributed by atoms with Gasteiger partial charge in [-0.3, -0.25) is 9.67 Å². The van der Waals surface area contributed by atoms with Crippen molar-refractivity contribution < 1.29 is 4.74 Å². The van der Waals surface area contributed by atoms with Gasteiger partial charge < -0.3 is 15.0 Å². The quantitative estimate of drug-likeness (QED) is 0.416. The Morgan fingerprint density at radius 3 is 2.96 bits per heavy atom. The van der Waals surface area contributed by atoms with Gasteiger partial charge in [0.05, 0.1) is 12.8 Å². The number of nitrogens with zero attached hydrogens (tertiary/aromatic N) is 4. The molecule has 2 unspecified atom stereocenters. The summed E-state index contributed by atoms with van der Waals surface area (Å²) in [5.41, 5.74) is 2.63. The van der Waals surface area contributed by atoms with Crippen LogP contribution in [0, 0.1) is 0 Å². The summed E-state index contributed by atoms with van der Waals surface area (Å²) in [5.74, 6) is 3.03. The molecule has 1 fully saturated rings. The molecule has 2 aliphatic rings. The highest BCUT2D eigenvalue weighted by Gasteiger charge is 2.28. The molecular weight excluding hydrogens is 453 g/mol. The monoisotopic (exact) mass is 481 g/mol. The van der Waals surface area contributed by atoms with E-state index >= 15 is 0 Å². The first-order chi connectivity index (χ1) is 12.7. The molecule has 2 aliphatic heterocycles. The van der Waals surface area contributed by atoms with Gasteiger partial charge >= 0.3 is 0 Å². The predicted molar refractivity (Wildman–Crippen MR) is 118 cm³/mol. The van der Waals surface area contributed by atoms with Gasteiger partial charge in [-0.2, -0.15) is 5.10 Å². The fourth-order valence-corrected chi connectivity index (χ4v) is 4.05. The summed E-state index contributed by atoms with van der Waals surface area (Å²) in [6.07, 6.45) is 6.30. The Morgan fingerprint density at radius 1 is 1.33 bits per heavy atom. The van der Waals surface area contributed by atoms with Crippen molar-refractivity contribution >= 4 is 29.9 Å². The molecule has 3 heterocycles. The summed E-state index contributed by atoms with van der Waals surface area (Å²) in [6, 6.07) is 8.37. The van der Waals surface area contributed by atoms with Gasteiger partial charge in [-0.1, -0.05) is 18.2 Å². The Kier molecular flexibility index (Phi) is 6.62. The number of hydrogen-bond acceptors (Lipinski definition) is 3. The van der Waals surface area contributed by atoms with Crippen LogP contribution in [0.4, 0.5) is 0 Å². The van der Waals surface area contributed by atoms with Crippen molar-refractivity contribution in [1.29, 1.82) is 0 Å². The van der Waals surface area contributed by atoms with Crippen LogP contribution < -0.4 is 10.1 Å². The molecular formula is C20H28IN5O. The minimum atomic E-state index is 0. The number of halogens is 1. The van der Waals surface area contributed by atoms with Crippen LogP contribution in [0.5, 0.6) is 5.75 Å². The Bertz CT molecular complexity index is 790. The van der Waals surface area contributed by atoms with E-state index < -0.39 is 0 Å². The standard InChI is InChI=1S/C20H27N5O.HI/c1-21-20(25-9-7-16(14-25)17-12-23-24(2)13-17)22-11-15-8-10-26-19-6-4-3-5-18(15)19;/h3-6,12-13,15-16H,7-11,14H2,1-2H3,(H,21,22);1H. The highest BCUT2D eigenvalue weighted by Crippen LogP contribution is 2.33. The molecule has 2 aromatic rings. The third-order valence-electron chi connectivity index (χ3n) is 5.49. The molecule has 4 rings (SSSR count). The first kappa shape index (κ1) is 20.0. The Morgan fingerprint density at radius 2 is 2.19 bits per heavy atom. The molecule has 146 valence electrons. The second-order valence-electron chi connectivity index (χ2n) is 7.18. The second-order valence-corrected chi connectivity index (χ2v) is 7.18. The number of benzene rings is 1. The van der Waals surface area contributed by atoms with Crippen LogP contribution in [0.25, 0.3) is 0 Å². The SMILES string of the molecule is CN=C(NCC1CCOc2ccccc21)N1CCC(c2cnn(C)c2)C1.I. The molecule has 1 N–H and O–H groups in total. The zero-order chi connectivity index (χ0) is 17.9. The highest BCUT2D eigenvalue weighted by atomic mass is 127. The maximum atomic E-state index is 5.78. The number of para-hydroxylation sites is 1. The van der Waals surface area contributed by atoms with Gasteiger partial charge in [0.2, 0.25) is 0 Å². The molecule has 0 saturated carbocycles. The molecule has 1 saturated heterocycles. The lowest BCUT2D eigenvalue weighted by molar-refractivity contribution is 0.266. The maximum Gasteiger partial charge on any atom is 0.193 e. The Labute approximate surface area is 178 Å². The molecule has 2 atom stereocenters. The Balaban J connectivity index is 0.00000210. The molecule has 6 nitrogen and oxygen atoms in total. The van der Waals surface area contributed by atoms with Gasteiger partial charge in [0.25, 0.3) is 0 Å². The molecule has 0 bridgehead atoms. The van der Waals surface area contributed by atoms with Gasteiger partial charge in [0.1, 0.15) is 5.75 Å². The normalized spacial score (nSPS) is 22.0. The zero-order valence-corrected chi connectivity index (χ0v) is 18.3. The van der Waals surface area contributed by atoms with Crippen LogP contribution in [0.1, 0.15) is 35.8 Å². The summed E-state index contributed by atoms with van der Waals surface area (Å²) in [7, 11) is 3.85. The van der Waals surface area contributed by atoms with Crippen molar-refractivity contribution in [3.8, 4) is 5.75 Å². The topological polar surface area (TPSA) is 54.7 Å². The van der Waals surface area contributed by atoms with Crippen LogP contribution in [0.3, 0.4) is 0 Å². The largest absolute Gasteiger partial charge is 0.493 e. The first-order valence-electron chi connectivity index (χ1n) is 9.40. The zero-order valence-electron chi connectivity index (χ0n) is 16.0. The summed E-state index contributed by atoms with van der Waals surface area (Å²) in [5, 5.41) is 7.91. The minimum Gasteiger partial charge on any atom is -0.493 e. The van der Waals surface area contributed by atoms with Crippen molar-refractivity contribution in [2.75, 3.05) is 33.3 Å². The lowest BCUT2D eigenvalue weighted by atomic mass is 9.93. The number of guanidine groups is 1. The average molecular weight is 481 g/mol. The summed E-state index contributed by atoms with van der Waals surface area (Å²) in [6.45, 7) is 3.70. The van der Waals surface area contributed by atoms with E-state index in [1.54, 1.807) is 0 Å². The van der Waals surface area contributed by atoms with Crippen LogP contribution in [-0.4, -0.2) is 53.9 Å². The molecule has 0 radical (unpaired) electrons. The van der Waals surface area contributed by atoms with Crippen molar-refractivity contribution in [1.82, 2.24) is 20.0 Å². The van der Waals surface area contributed by atoms with E-state index in [0.29, 0.717) is 11.8 Å². The van der Waals surface area contributed by atoms with Gasteiger partial charge in [-0.25, -0.2) is 0 Å². The summed E-state index contributed by atoms with van der Waals surface area (Å²) in [4.78, 5) is 6.89. The molecule has 1 aromatic carbocycles. The van der Waals surface area contributed by atoms with Gasteiger partial charge in [0, 0.05) is 51.8 Å². The third kappa shape index (κ3) is 4.39. The number of aryl methyl sites for hydroxylation is 1. The van der Waals surface area contributed by atoms with Crippen molar-refractivity contribution in [3.05, 3.63) is 47.8 Å². The third-order valence-corrected chi connectivity index (χ3v) is 5.49. The molecule has 0 amide bonds. The molecule has 27 heavy (non-hydrogen) atoms. The van der Waals surface area contributed by atoms with Crippen molar-refractivity contribution in [2.24, 2.45) is 12.0 Å². The van der Waals surface area contributed by atoms with E-state index in [1.165, 1.54) is 11.1 Å². The lowest BCUT2D eigenvalue weighted by Crippen LogP contribution is -2.42. The predicted octanol–water partition coefficient (Wildman–Crippen LogP) is 2.97. The lowest BCUT2D eigenvalue weighted by Gasteiger charge is -2.28. The van der Waals surface area contributed by atoms with E-state index in [4.69, 9.17) is 4.74 Å². The molecule has 1 aromatic heterocycles. The van der Waals surface area contributed by atoms with Crippen LogP contribution in [0.2, 0.25) is 0 Å². The van der Waals surface area contributed by atoms with Gasteiger partial charge in [-0.15, -0.1) is 24.0 Å². The number of rotatable bonds is 3. The maximum absolute atomic E-state index is 5.78. The number of aromatic nitrogens is 2. The molecule has 0 spiro atoms. The van der Waals surface area contributed by atoms with E-state index in [-0.39, 0.29) is 24.0 Å². The van der Waals surface area contributed by atoms with Crippen LogP contribution in [0.15, 0.2) is 41.7 Å². The first-order valence-corrected chi connectivity index (χ1v) is 9.40. The van der Waals surface area contributed by atoms with Crippen LogP contribution >= 0.6 is 24.0 Å². The van der Waals surface area contributed by atoms with Gasteiger partial charge in [0.15, 0.2) is 5.96 Å².